The van der Waals surface area contributed by atoms with Gasteiger partial charge in [-0.3, -0.25) is 9.69 Å². The lowest BCUT2D eigenvalue weighted by atomic mass is 10.1. The normalized spacial score (nSPS) is 15.5. The van der Waals surface area contributed by atoms with E-state index in [9.17, 15) is 4.79 Å². The van der Waals surface area contributed by atoms with Crippen molar-refractivity contribution in [2.24, 2.45) is 0 Å². The van der Waals surface area contributed by atoms with E-state index in [-0.39, 0.29) is 11.6 Å². The number of carbonyl (C=O) groups is 1. The number of nitrogens with one attached hydrogen (secondary N) is 1. The average molecular weight is 431 g/mol. The van der Waals surface area contributed by atoms with Gasteiger partial charge >= 0.3 is 0 Å². The lowest BCUT2D eigenvalue weighted by Crippen LogP contribution is -2.43. The molecule has 1 aliphatic rings. The van der Waals surface area contributed by atoms with Crippen molar-refractivity contribution in [1.82, 2.24) is 30.1 Å². The standard InChI is InChI=1S/C22H34N6O3/c1-4-30-21(31-5-2)17-28-16-20(24-25-28)22(29)23-14-18-7-6-8-19(13-18)15-27-11-9-26(3)10-12-27/h6-8,13,16,21H,4-5,9-12,14-15,17H2,1-3H3,(H,23,29). The molecule has 2 aromatic rings. The first-order valence-corrected chi connectivity index (χ1v) is 11.0. The number of likely N-dealkylation sites (N-methyl/N-ethyl adjacent to an activating group) is 1. The van der Waals surface area contributed by atoms with Gasteiger partial charge in [0.1, 0.15) is 0 Å². The molecule has 0 radical (unpaired) electrons. The van der Waals surface area contributed by atoms with Crippen molar-refractivity contribution in [3.63, 3.8) is 0 Å². The van der Waals surface area contributed by atoms with Crippen LogP contribution in [0.4, 0.5) is 0 Å². The van der Waals surface area contributed by atoms with Crippen LogP contribution in [-0.2, 0) is 29.1 Å². The SMILES string of the molecule is CCOC(Cn1cc(C(=O)NCc2cccc(CN3CCN(C)CC3)c2)nn1)OCC. The minimum atomic E-state index is -0.407. The highest BCUT2D eigenvalue weighted by Gasteiger charge is 2.16. The summed E-state index contributed by atoms with van der Waals surface area (Å²) in [5.74, 6) is -0.250. The topological polar surface area (TPSA) is 84.8 Å². The van der Waals surface area contributed by atoms with Crippen molar-refractivity contribution in [2.45, 2.75) is 39.8 Å². The molecule has 1 aromatic carbocycles. The molecule has 170 valence electrons. The number of hydrogen-bond acceptors (Lipinski definition) is 7. The Morgan fingerprint density at radius 1 is 1.13 bits per heavy atom. The van der Waals surface area contributed by atoms with E-state index in [1.54, 1.807) is 10.9 Å². The van der Waals surface area contributed by atoms with Crippen LogP contribution in [0.25, 0.3) is 0 Å². The van der Waals surface area contributed by atoms with E-state index >= 15 is 0 Å². The highest BCUT2D eigenvalue weighted by Crippen LogP contribution is 2.11. The van der Waals surface area contributed by atoms with Crippen molar-refractivity contribution in [3.8, 4) is 0 Å². The quantitative estimate of drug-likeness (QED) is 0.539. The molecule has 0 saturated carbocycles. The highest BCUT2D eigenvalue weighted by molar-refractivity contribution is 5.91. The second-order valence-electron chi connectivity index (χ2n) is 7.75. The van der Waals surface area contributed by atoms with Crippen molar-refractivity contribution in [2.75, 3.05) is 46.4 Å². The molecular formula is C22H34N6O3. The molecule has 1 fully saturated rings. The van der Waals surface area contributed by atoms with Gasteiger partial charge in [-0.15, -0.1) is 5.10 Å². The predicted octanol–water partition coefficient (Wildman–Crippen LogP) is 1.35. The van der Waals surface area contributed by atoms with Crippen LogP contribution in [0.1, 0.15) is 35.5 Å². The summed E-state index contributed by atoms with van der Waals surface area (Å²) >= 11 is 0. The summed E-state index contributed by atoms with van der Waals surface area (Å²) < 4.78 is 12.6. The third kappa shape index (κ3) is 7.39. The van der Waals surface area contributed by atoms with Crippen molar-refractivity contribution in [3.05, 3.63) is 47.3 Å². The van der Waals surface area contributed by atoms with Crippen LogP contribution >= 0.6 is 0 Å². The molecule has 0 atom stereocenters. The van der Waals surface area contributed by atoms with Gasteiger partial charge in [0.05, 0.1) is 12.7 Å². The molecule has 1 amide bonds. The van der Waals surface area contributed by atoms with Gasteiger partial charge in [-0.2, -0.15) is 0 Å². The van der Waals surface area contributed by atoms with E-state index in [0.29, 0.717) is 26.3 Å². The van der Waals surface area contributed by atoms with Crippen LogP contribution < -0.4 is 5.32 Å². The molecule has 1 aromatic heterocycles. The highest BCUT2D eigenvalue weighted by atomic mass is 16.7. The van der Waals surface area contributed by atoms with E-state index in [4.69, 9.17) is 9.47 Å². The van der Waals surface area contributed by atoms with E-state index < -0.39 is 6.29 Å². The van der Waals surface area contributed by atoms with Crippen LogP contribution in [0.15, 0.2) is 30.5 Å². The number of piperazine rings is 1. The summed E-state index contributed by atoms with van der Waals surface area (Å²) in [5, 5.41) is 10.9. The fraction of sp³-hybridized carbons (Fsp3) is 0.591. The zero-order valence-electron chi connectivity index (χ0n) is 18.8. The second kappa shape index (κ2) is 11.9. The molecule has 0 spiro atoms. The summed E-state index contributed by atoms with van der Waals surface area (Å²) in [7, 11) is 2.16. The molecule has 1 saturated heterocycles. The van der Waals surface area contributed by atoms with Gasteiger partial charge in [-0.05, 0) is 32.0 Å². The molecule has 9 nitrogen and oxygen atoms in total. The molecule has 9 heteroatoms. The summed E-state index contributed by atoms with van der Waals surface area (Å²) in [4.78, 5) is 17.3. The van der Waals surface area contributed by atoms with Gasteiger partial charge in [0.25, 0.3) is 5.91 Å². The monoisotopic (exact) mass is 430 g/mol. The Balaban J connectivity index is 1.50. The van der Waals surface area contributed by atoms with Crippen molar-refractivity contribution >= 4 is 5.91 Å². The number of rotatable bonds is 11. The minimum Gasteiger partial charge on any atom is -0.351 e. The number of benzene rings is 1. The maximum atomic E-state index is 12.5. The minimum absolute atomic E-state index is 0.250. The molecule has 0 bridgehead atoms. The Labute approximate surface area is 184 Å². The summed E-state index contributed by atoms with van der Waals surface area (Å²) in [6.45, 7) is 11.0. The first-order valence-electron chi connectivity index (χ1n) is 11.0. The van der Waals surface area contributed by atoms with Crippen molar-refractivity contribution < 1.29 is 14.3 Å². The number of carbonyl (C=O) groups excluding carboxylic acids is 1. The molecule has 1 aliphatic heterocycles. The molecule has 2 heterocycles. The van der Waals surface area contributed by atoms with Gasteiger partial charge < -0.3 is 19.7 Å². The molecular weight excluding hydrogens is 396 g/mol. The summed E-state index contributed by atoms with van der Waals surface area (Å²) in [5.41, 5.74) is 2.61. The molecule has 3 rings (SSSR count). The third-order valence-corrected chi connectivity index (χ3v) is 5.26. The van der Waals surface area contributed by atoms with E-state index in [0.717, 1.165) is 38.3 Å². The van der Waals surface area contributed by atoms with Crippen LogP contribution in [0.5, 0.6) is 0 Å². The number of nitrogens with zero attached hydrogens (tertiary/aromatic N) is 5. The third-order valence-electron chi connectivity index (χ3n) is 5.26. The Morgan fingerprint density at radius 3 is 2.55 bits per heavy atom. The Kier molecular flexibility index (Phi) is 8.96. The molecule has 31 heavy (non-hydrogen) atoms. The van der Waals surface area contributed by atoms with Crippen LogP contribution in [-0.4, -0.2) is 83.4 Å². The Morgan fingerprint density at radius 2 is 1.84 bits per heavy atom. The number of ether oxygens (including phenoxy) is 2. The smallest absolute Gasteiger partial charge is 0.273 e. The zero-order chi connectivity index (χ0) is 22.1. The van der Waals surface area contributed by atoms with E-state index in [1.165, 1.54) is 5.56 Å². The summed E-state index contributed by atoms with van der Waals surface area (Å²) in [6.07, 6.45) is 1.21. The van der Waals surface area contributed by atoms with E-state index in [2.05, 4.69) is 44.6 Å². The maximum Gasteiger partial charge on any atom is 0.273 e. The Hall–Kier alpha value is -2.33. The number of amides is 1. The first-order chi connectivity index (χ1) is 15.1. The average Bonchev–Trinajstić information content (AvgIpc) is 3.23. The van der Waals surface area contributed by atoms with Gasteiger partial charge in [0.2, 0.25) is 0 Å². The van der Waals surface area contributed by atoms with Gasteiger partial charge in [0, 0.05) is 52.5 Å². The number of aromatic nitrogens is 3. The lowest BCUT2D eigenvalue weighted by Gasteiger charge is -2.32. The van der Waals surface area contributed by atoms with Crippen LogP contribution in [0.2, 0.25) is 0 Å². The Bertz CT molecular complexity index is 813. The predicted molar refractivity (Wildman–Crippen MR) is 117 cm³/mol. The molecule has 0 unspecified atom stereocenters. The largest absolute Gasteiger partial charge is 0.351 e. The molecule has 1 N–H and O–H groups in total. The first kappa shape index (κ1) is 23.3. The molecule has 0 aliphatic carbocycles. The number of hydrogen-bond donors (Lipinski definition) is 1. The summed E-state index contributed by atoms with van der Waals surface area (Å²) in [6, 6.07) is 8.37. The van der Waals surface area contributed by atoms with Gasteiger partial charge in [-0.25, -0.2) is 4.68 Å². The maximum absolute atomic E-state index is 12.5. The van der Waals surface area contributed by atoms with Crippen molar-refractivity contribution in [1.29, 1.82) is 0 Å². The lowest BCUT2D eigenvalue weighted by molar-refractivity contribution is -0.145. The fourth-order valence-corrected chi connectivity index (χ4v) is 3.54. The van der Waals surface area contributed by atoms with Crippen LogP contribution in [0.3, 0.4) is 0 Å². The van der Waals surface area contributed by atoms with E-state index in [1.807, 2.05) is 26.0 Å². The zero-order valence-corrected chi connectivity index (χ0v) is 18.8. The van der Waals surface area contributed by atoms with Crippen LogP contribution in [0, 0.1) is 0 Å². The van der Waals surface area contributed by atoms with Gasteiger partial charge in [0.15, 0.2) is 12.0 Å². The van der Waals surface area contributed by atoms with Gasteiger partial charge in [-0.1, -0.05) is 29.5 Å². The fourth-order valence-electron chi connectivity index (χ4n) is 3.54. The second-order valence-corrected chi connectivity index (χ2v) is 7.75.